The maximum atomic E-state index is 12.3. The summed E-state index contributed by atoms with van der Waals surface area (Å²) in [5, 5.41) is -0.304. The molecule has 5 heteroatoms. The number of hydrogen-bond acceptors (Lipinski definition) is 4. The monoisotopic (exact) mass is 364 g/mol. The van der Waals surface area contributed by atoms with E-state index in [0.29, 0.717) is 5.75 Å². The van der Waals surface area contributed by atoms with E-state index in [9.17, 15) is 8.42 Å². The van der Waals surface area contributed by atoms with Crippen molar-refractivity contribution in [3.63, 3.8) is 0 Å². The van der Waals surface area contributed by atoms with Crippen LogP contribution in [0.2, 0.25) is 0 Å². The van der Waals surface area contributed by atoms with Crippen molar-refractivity contribution in [2.75, 3.05) is 12.4 Å². The molecule has 130 valence electrons. The first-order valence-corrected chi connectivity index (χ1v) is 11.2. The van der Waals surface area contributed by atoms with E-state index in [1.165, 1.54) is 0 Å². The van der Waals surface area contributed by atoms with E-state index in [-0.39, 0.29) is 5.25 Å². The van der Waals surface area contributed by atoms with Crippen LogP contribution in [0.5, 0.6) is 5.75 Å². The first-order valence-electron chi connectivity index (χ1n) is 8.64. The topological polar surface area (TPSA) is 43.4 Å². The lowest BCUT2D eigenvalue weighted by Crippen LogP contribution is -2.20. The van der Waals surface area contributed by atoms with E-state index >= 15 is 0 Å². The molecule has 1 aromatic heterocycles. The second kappa shape index (κ2) is 7.70. The highest BCUT2D eigenvalue weighted by atomic mass is 32.2. The summed E-state index contributed by atoms with van der Waals surface area (Å²) in [4.78, 5) is 2.10. The van der Waals surface area contributed by atoms with Crippen LogP contribution in [0, 0.1) is 0 Å². The summed E-state index contributed by atoms with van der Waals surface area (Å²) < 4.78 is 30.3. The van der Waals surface area contributed by atoms with E-state index in [1.54, 1.807) is 11.3 Å². The Labute approximate surface area is 148 Å². The Morgan fingerprint density at radius 3 is 2.62 bits per heavy atom. The van der Waals surface area contributed by atoms with Gasteiger partial charge in [0, 0.05) is 9.75 Å². The average Bonchev–Trinajstić information content (AvgIpc) is 3.05. The molecule has 0 bridgehead atoms. The molecule has 1 atom stereocenters. The highest BCUT2D eigenvalue weighted by Gasteiger charge is 2.31. The number of unbranched alkanes of at least 4 members (excludes halogenated alkanes) is 1. The van der Waals surface area contributed by atoms with Crippen molar-refractivity contribution in [3.05, 3.63) is 41.3 Å². The maximum absolute atomic E-state index is 12.3. The van der Waals surface area contributed by atoms with Gasteiger partial charge in [-0.15, -0.1) is 11.3 Å². The molecule has 0 saturated carbocycles. The maximum Gasteiger partial charge on any atom is 0.158 e. The van der Waals surface area contributed by atoms with Gasteiger partial charge in [0.1, 0.15) is 5.75 Å². The molecule has 1 saturated heterocycles. The van der Waals surface area contributed by atoms with Crippen LogP contribution >= 0.6 is 11.3 Å². The van der Waals surface area contributed by atoms with Crippen LogP contribution < -0.4 is 4.74 Å². The molecule has 3 nitrogen and oxygen atoms in total. The highest BCUT2D eigenvalue weighted by molar-refractivity contribution is 7.91. The van der Waals surface area contributed by atoms with Crippen molar-refractivity contribution in [2.24, 2.45) is 0 Å². The summed E-state index contributed by atoms with van der Waals surface area (Å²) in [6.07, 6.45) is 4.75. The number of benzene rings is 1. The van der Waals surface area contributed by atoms with E-state index in [2.05, 4.69) is 6.92 Å². The molecule has 1 unspecified atom stereocenters. The lowest BCUT2D eigenvalue weighted by molar-refractivity contribution is 0.309. The number of sulfone groups is 1. The molecule has 1 fully saturated rings. The largest absolute Gasteiger partial charge is 0.494 e. The van der Waals surface area contributed by atoms with E-state index < -0.39 is 9.84 Å². The van der Waals surface area contributed by atoms with Gasteiger partial charge >= 0.3 is 0 Å². The fourth-order valence-electron chi connectivity index (χ4n) is 3.00. The van der Waals surface area contributed by atoms with Crippen LogP contribution in [-0.2, 0) is 9.84 Å². The van der Waals surface area contributed by atoms with Gasteiger partial charge in [0.25, 0.3) is 0 Å². The number of ether oxygens (including phenoxy) is 1. The molecular weight excluding hydrogens is 340 g/mol. The molecule has 3 rings (SSSR count). The Kier molecular flexibility index (Phi) is 5.61. The van der Waals surface area contributed by atoms with Crippen molar-refractivity contribution in [1.29, 1.82) is 0 Å². The van der Waals surface area contributed by atoms with E-state index in [0.717, 1.165) is 59.8 Å². The van der Waals surface area contributed by atoms with Crippen LogP contribution in [0.3, 0.4) is 0 Å². The van der Waals surface area contributed by atoms with Crippen molar-refractivity contribution in [3.8, 4) is 16.2 Å². The SMILES string of the molecule is CCCCOc1ccc(-c2ccc(C3CCCCS3(=O)=O)s2)cc1. The summed E-state index contributed by atoms with van der Waals surface area (Å²) in [6, 6.07) is 12.1. The Bertz CT molecular complexity index is 760. The second-order valence-electron chi connectivity index (χ2n) is 6.28. The quantitative estimate of drug-likeness (QED) is 0.659. The minimum absolute atomic E-state index is 0.304. The van der Waals surface area contributed by atoms with Gasteiger partial charge in [-0.1, -0.05) is 19.8 Å². The van der Waals surface area contributed by atoms with Crippen molar-refractivity contribution in [1.82, 2.24) is 0 Å². The van der Waals surface area contributed by atoms with Crippen molar-refractivity contribution in [2.45, 2.75) is 44.3 Å². The predicted molar refractivity (Wildman–Crippen MR) is 101 cm³/mol. The zero-order chi connectivity index (χ0) is 17.0. The summed E-state index contributed by atoms with van der Waals surface area (Å²) in [7, 11) is -2.97. The predicted octanol–water partition coefficient (Wildman–Crippen LogP) is 5.23. The molecular formula is C19H24O3S2. The highest BCUT2D eigenvalue weighted by Crippen LogP contribution is 2.39. The Hall–Kier alpha value is -1.33. The average molecular weight is 365 g/mol. The first-order chi connectivity index (χ1) is 11.6. The fourth-order valence-corrected chi connectivity index (χ4v) is 6.47. The zero-order valence-electron chi connectivity index (χ0n) is 14.0. The molecule has 0 N–H and O–H groups in total. The number of hydrogen-bond donors (Lipinski definition) is 0. The van der Waals surface area contributed by atoms with Crippen LogP contribution in [0.15, 0.2) is 36.4 Å². The third-order valence-electron chi connectivity index (χ3n) is 4.43. The van der Waals surface area contributed by atoms with Crippen LogP contribution in [-0.4, -0.2) is 20.8 Å². The van der Waals surface area contributed by atoms with Gasteiger partial charge in [-0.25, -0.2) is 8.42 Å². The fraction of sp³-hybridized carbons (Fsp3) is 0.474. The summed E-state index contributed by atoms with van der Waals surface area (Å²) in [5.41, 5.74) is 1.11. The van der Waals surface area contributed by atoms with Gasteiger partial charge in [0.2, 0.25) is 0 Å². The molecule has 24 heavy (non-hydrogen) atoms. The minimum atomic E-state index is -2.97. The molecule has 0 radical (unpaired) electrons. The molecule has 0 amide bonds. The lowest BCUT2D eigenvalue weighted by Gasteiger charge is -2.20. The van der Waals surface area contributed by atoms with Gasteiger partial charge in [0.05, 0.1) is 17.6 Å². The number of rotatable bonds is 6. The molecule has 0 aliphatic carbocycles. The van der Waals surface area contributed by atoms with E-state index in [1.807, 2.05) is 36.4 Å². The van der Waals surface area contributed by atoms with Gasteiger partial charge in [-0.3, -0.25) is 0 Å². The van der Waals surface area contributed by atoms with Crippen LogP contribution in [0.4, 0.5) is 0 Å². The van der Waals surface area contributed by atoms with Crippen LogP contribution in [0.25, 0.3) is 10.4 Å². The third kappa shape index (κ3) is 4.01. The van der Waals surface area contributed by atoms with E-state index in [4.69, 9.17) is 4.74 Å². The van der Waals surface area contributed by atoms with Crippen LogP contribution in [0.1, 0.15) is 49.2 Å². The Balaban J connectivity index is 1.73. The molecule has 1 aromatic carbocycles. The van der Waals surface area contributed by atoms with Crippen molar-refractivity contribution < 1.29 is 13.2 Å². The molecule has 2 aromatic rings. The van der Waals surface area contributed by atoms with Gasteiger partial charge in [-0.2, -0.15) is 0 Å². The molecule has 1 aliphatic rings. The van der Waals surface area contributed by atoms with Gasteiger partial charge < -0.3 is 4.74 Å². The first kappa shape index (κ1) is 17.5. The second-order valence-corrected chi connectivity index (χ2v) is 9.70. The molecule has 0 spiro atoms. The van der Waals surface area contributed by atoms with Gasteiger partial charge in [0.15, 0.2) is 9.84 Å². The standard InChI is InChI=1S/C19H24O3S2/c1-2-3-13-22-16-9-7-15(8-10-16)17-11-12-18(23-17)19-6-4-5-14-24(19,20)21/h7-12,19H,2-6,13-14H2,1H3. The lowest BCUT2D eigenvalue weighted by atomic mass is 10.1. The summed E-state index contributed by atoms with van der Waals surface area (Å²) in [5.74, 6) is 1.22. The molecule has 2 heterocycles. The normalized spacial score (nSPS) is 20.0. The molecule has 1 aliphatic heterocycles. The van der Waals surface area contributed by atoms with Crippen molar-refractivity contribution >= 4 is 21.2 Å². The summed E-state index contributed by atoms with van der Waals surface area (Å²) in [6.45, 7) is 2.89. The van der Waals surface area contributed by atoms with Gasteiger partial charge in [-0.05, 0) is 61.2 Å². The third-order valence-corrected chi connectivity index (χ3v) is 8.04. The Morgan fingerprint density at radius 2 is 1.92 bits per heavy atom. The number of thiophene rings is 1. The summed E-state index contributed by atoms with van der Waals surface area (Å²) >= 11 is 1.60. The zero-order valence-corrected chi connectivity index (χ0v) is 15.7. The Morgan fingerprint density at radius 1 is 1.12 bits per heavy atom. The minimum Gasteiger partial charge on any atom is -0.494 e. The smallest absolute Gasteiger partial charge is 0.158 e.